The summed E-state index contributed by atoms with van der Waals surface area (Å²) < 4.78 is 31.1. The lowest BCUT2D eigenvalue weighted by Crippen LogP contribution is -1.98. The molecule has 0 heterocycles. The van der Waals surface area contributed by atoms with E-state index in [1.165, 1.54) is 43.4 Å². The van der Waals surface area contributed by atoms with Gasteiger partial charge in [-0.15, -0.1) is 0 Å². The van der Waals surface area contributed by atoms with Gasteiger partial charge in [0.15, 0.2) is 0 Å². The summed E-state index contributed by atoms with van der Waals surface area (Å²) in [7, 11) is -4.12. The molecule has 1 fully saturated rings. The molecular formula is C18H20O3S. The average Bonchev–Trinajstić information content (AvgIpc) is 3.00. The van der Waals surface area contributed by atoms with Gasteiger partial charge in [0.05, 0.1) is 4.90 Å². The number of hydrogen-bond donors (Lipinski definition) is 1. The Hall–Kier alpha value is -1.65. The van der Waals surface area contributed by atoms with Gasteiger partial charge in [0.2, 0.25) is 0 Å². The summed E-state index contributed by atoms with van der Waals surface area (Å²) in [6.45, 7) is 0. The predicted molar refractivity (Wildman–Crippen MR) is 87.4 cm³/mol. The van der Waals surface area contributed by atoms with Crippen LogP contribution in [0, 0.1) is 5.92 Å². The average molecular weight is 316 g/mol. The van der Waals surface area contributed by atoms with Gasteiger partial charge < -0.3 is 0 Å². The van der Waals surface area contributed by atoms with Crippen molar-refractivity contribution in [2.24, 2.45) is 5.92 Å². The van der Waals surface area contributed by atoms with E-state index >= 15 is 0 Å². The van der Waals surface area contributed by atoms with Crippen LogP contribution in [-0.2, 0) is 16.5 Å². The van der Waals surface area contributed by atoms with Crippen LogP contribution in [0.3, 0.4) is 0 Å². The van der Waals surface area contributed by atoms with Crippen molar-refractivity contribution in [3.63, 3.8) is 0 Å². The standard InChI is InChI=1S/C18H20O3S/c19-22(20,21)18-11-9-17(10-12-18)16-7-5-15(6-8-16)13-14-3-1-2-4-14/h5-12,14H,1-4,13H2,(H,19,20,21). The molecule has 0 atom stereocenters. The Morgan fingerprint density at radius 2 is 1.36 bits per heavy atom. The van der Waals surface area contributed by atoms with E-state index in [0.717, 1.165) is 23.5 Å². The maximum absolute atomic E-state index is 11.0. The molecule has 0 saturated heterocycles. The lowest BCUT2D eigenvalue weighted by Gasteiger charge is -2.10. The highest BCUT2D eigenvalue weighted by Crippen LogP contribution is 2.29. The van der Waals surface area contributed by atoms with Crippen molar-refractivity contribution in [3.05, 3.63) is 54.1 Å². The number of benzene rings is 2. The SMILES string of the molecule is O=S(=O)(O)c1ccc(-c2ccc(CC3CCCC3)cc2)cc1. The first-order chi connectivity index (χ1) is 10.5. The summed E-state index contributed by atoms with van der Waals surface area (Å²) in [4.78, 5) is -0.0749. The monoisotopic (exact) mass is 316 g/mol. The van der Waals surface area contributed by atoms with Crippen LogP contribution < -0.4 is 0 Å². The molecule has 0 unspecified atom stereocenters. The van der Waals surface area contributed by atoms with Crippen molar-refractivity contribution in [2.45, 2.75) is 37.0 Å². The Morgan fingerprint density at radius 1 is 0.864 bits per heavy atom. The minimum absolute atomic E-state index is 0.0749. The molecule has 3 rings (SSSR count). The van der Waals surface area contributed by atoms with Gasteiger partial charge in [-0.2, -0.15) is 8.42 Å². The number of hydrogen-bond acceptors (Lipinski definition) is 2. The molecule has 0 aromatic heterocycles. The third-order valence-electron chi connectivity index (χ3n) is 4.44. The maximum atomic E-state index is 11.0. The number of rotatable bonds is 4. The van der Waals surface area contributed by atoms with E-state index in [1.54, 1.807) is 12.1 Å². The van der Waals surface area contributed by atoms with Gasteiger partial charge in [-0.3, -0.25) is 4.55 Å². The topological polar surface area (TPSA) is 54.4 Å². The molecule has 0 amide bonds. The fourth-order valence-corrected chi connectivity index (χ4v) is 3.68. The largest absolute Gasteiger partial charge is 0.294 e. The fraction of sp³-hybridized carbons (Fsp3) is 0.333. The normalized spacial score (nSPS) is 16.0. The first-order valence-electron chi connectivity index (χ1n) is 7.69. The van der Waals surface area contributed by atoms with Crippen LogP contribution in [0.1, 0.15) is 31.2 Å². The van der Waals surface area contributed by atoms with Crippen LogP contribution in [0.5, 0.6) is 0 Å². The van der Waals surface area contributed by atoms with Gasteiger partial charge in [0.1, 0.15) is 0 Å². The third kappa shape index (κ3) is 3.57. The molecule has 0 radical (unpaired) electrons. The summed E-state index contributed by atoms with van der Waals surface area (Å²) >= 11 is 0. The van der Waals surface area contributed by atoms with Crippen LogP contribution in [0.2, 0.25) is 0 Å². The van der Waals surface area contributed by atoms with Crippen LogP contribution in [0.4, 0.5) is 0 Å². The zero-order chi connectivity index (χ0) is 15.6. The molecule has 1 N–H and O–H groups in total. The van der Waals surface area contributed by atoms with Gasteiger partial charge in [-0.05, 0) is 41.2 Å². The van der Waals surface area contributed by atoms with E-state index in [0.29, 0.717) is 0 Å². The molecule has 1 saturated carbocycles. The van der Waals surface area contributed by atoms with Crippen molar-refractivity contribution >= 4 is 10.1 Å². The quantitative estimate of drug-likeness (QED) is 0.854. The van der Waals surface area contributed by atoms with Crippen molar-refractivity contribution < 1.29 is 13.0 Å². The third-order valence-corrected chi connectivity index (χ3v) is 5.31. The Balaban J connectivity index is 1.74. The van der Waals surface area contributed by atoms with Crippen LogP contribution >= 0.6 is 0 Å². The molecule has 22 heavy (non-hydrogen) atoms. The molecule has 4 heteroatoms. The molecule has 116 valence electrons. The summed E-state index contributed by atoms with van der Waals surface area (Å²) in [6.07, 6.45) is 6.57. The predicted octanol–water partition coefficient (Wildman–Crippen LogP) is 4.33. The van der Waals surface area contributed by atoms with Gasteiger partial charge >= 0.3 is 0 Å². The molecule has 0 aliphatic heterocycles. The van der Waals surface area contributed by atoms with Gasteiger partial charge in [0.25, 0.3) is 10.1 Å². The zero-order valence-electron chi connectivity index (χ0n) is 12.4. The van der Waals surface area contributed by atoms with Crippen LogP contribution in [0.15, 0.2) is 53.4 Å². The Morgan fingerprint density at radius 3 is 1.86 bits per heavy atom. The van der Waals surface area contributed by atoms with E-state index in [4.69, 9.17) is 4.55 Å². The maximum Gasteiger partial charge on any atom is 0.294 e. The van der Waals surface area contributed by atoms with Crippen molar-refractivity contribution in [3.8, 4) is 11.1 Å². The summed E-state index contributed by atoms with van der Waals surface area (Å²) in [5.74, 6) is 0.833. The second kappa shape index (κ2) is 6.23. The van der Waals surface area contributed by atoms with Crippen molar-refractivity contribution in [1.82, 2.24) is 0 Å². The lowest BCUT2D eigenvalue weighted by molar-refractivity contribution is 0.483. The highest BCUT2D eigenvalue weighted by Gasteiger charge is 2.15. The first kappa shape index (κ1) is 15.3. The fourth-order valence-electron chi connectivity index (χ4n) is 3.20. The molecule has 2 aromatic rings. The first-order valence-corrected chi connectivity index (χ1v) is 9.13. The van der Waals surface area contributed by atoms with E-state index in [9.17, 15) is 8.42 Å². The molecule has 2 aromatic carbocycles. The zero-order valence-corrected chi connectivity index (χ0v) is 13.2. The second-order valence-electron chi connectivity index (χ2n) is 6.05. The van der Waals surface area contributed by atoms with E-state index < -0.39 is 10.1 Å². The minimum Gasteiger partial charge on any atom is -0.282 e. The molecule has 3 nitrogen and oxygen atoms in total. The smallest absolute Gasteiger partial charge is 0.282 e. The Bertz CT molecular complexity index is 725. The van der Waals surface area contributed by atoms with E-state index in [2.05, 4.69) is 24.3 Å². The van der Waals surface area contributed by atoms with Gasteiger partial charge in [-0.25, -0.2) is 0 Å². The summed E-state index contributed by atoms with van der Waals surface area (Å²) in [6, 6.07) is 14.8. The van der Waals surface area contributed by atoms with Crippen molar-refractivity contribution in [2.75, 3.05) is 0 Å². The molecule has 0 bridgehead atoms. The summed E-state index contributed by atoms with van der Waals surface area (Å²) in [5, 5.41) is 0. The van der Waals surface area contributed by atoms with Crippen molar-refractivity contribution in [1.29, 1.82) is 0 Å². The highest BCUT2D eigenvalue weighted by atomic mass is 32.2. The second-order valence-corrected chi connectivity index (χ2v) is 7.47. The van der Waals surface area contributed by atoms with Crippen LogP contribution in [0.25, 0.3) is 11.1 Å². The van der Waals surface area contributed by atoms with Gasteiger partial charge in [-0.1, -0.05) is 62.1 Å². The van der Waals surface area contributed by atoms with Crippen LogP contribution in [-0.4, -0.2) is 13.0 Å². The molecule has 0 spiro atoms. The molecule has 1 aliphatic rings. The molecular weight excluding hydrogens is 296 g/mol. The molecule has 1 aliphatic carbocycles. The Kier molecular flexibility index (Phi) is 4.32. The summed E-state index contributed by atoms with van der Waals surface area (Å²) in [5.41, 5.74) is 3.36. The van der Waals surface area contributed by atoms with E-state index in [-0.39, 0.29) is 4.90 Å². The van der Waals surface area contributed by atoms with E-state index in [1.807, 2.05) is 0 Å². The van der Waals surface area contributed by atoms with Gasteiger partial charge in [0, 0.05) is 0 Å². The lowest BCUT2D eigenvalue weighted by atomic mass is 9.96. The Labute approximate surface area is 131 Å². The minimum atomic E-state index is -4.12. The highest BCUT2D eigenvalue weighted by molar-refractivity contribution is 7.85.